The Morgan fingerprint density at radius 3 is 2.54 bits per heavy atom. The number of nitrogens with one attached hydrogen (secondary N) is 1. The van der Waals surface area contributed by atoms with Gasteiger partial charge in [-0.3, -0.25) is 5.41 Å². The summed E-state index contributed by atoms with van der Waals surface area (Å²) in [5.41, 5.74) is -1.44. The van der Waals surface area contributed by atoms with Crippen LogP contribution in [0.15, 0.2) is 35.6 Å². The van der Waals surface area contributed by atoms with Crippen molar-refractivity contribution in [1.82, 2.24) is 0 Å². The summed E-state index contributed by atoms with van der Waals surface area (Å²) >= 11 is 0. The van der Waals surface area contributed by atoms with E-state index >= 15 is 0 Å². The third kappa shape index (κ3) is 2.97. The van der Waals surface area contributed by atoms with E-state index in [4.69, 9.17) is 10.1 Å². The molecule has 5 nitrogen and oxygen atoms in total. The van der Waals surface area contributed by atoms with Gasteiger partial charge in [0.05, 0.1) is 24.3 Å². The van der Waals surface area contributed by atoms with Gasteiger partial charge in [-0.25, -0.2) is 4.79 Å². The Labute approximate surface area is 135 Å². The molecule has 0 saturated carbocycles. The normalized spacial score (nSPS) is 21.1. The molecule has 1 aliphatic heterocycles. The van der Waals surface area contributed by atoms with Crippen molar-refractivity contribution >= 4 is 11.9 Å². The molecule has 8 heteroatoms. The van der Waals surface area contributed by atoms with E-state index in [0.29, 0.717) is 0 Å². The van der Waals surface area contributed by atoms with Crippen molar-refractivity contribution in [2.45, 2.75) is 19.0 Å². The topological polar surface area (TPSA) is 83.2 Å². The minimum absolute atomic E-state index is 0.0553. The molecule has 1 N–H and O–H groups in total. The highest BCUT2D eigenvalue weighted by Gasteiger charge is 2.45. The van der Waals surface area contributed by atoms with E-state index in [1.807, 2.05) is 0 Å². The fourth-order valence-electron chi connectivity index (χ4n) is 2.70. The number of nitriles is 1. The lowest BCUT2D eigenvalue weighted by Gasteiger charge is -2.31. The summed E-state index contributed by atoms with van der Waals surface area (Å²) in [4.78, 5) is 12.1. The molecule has 2 atom stereocenters. The first-order valence-electron chi connectivity index (χ1n) is 6.83. The quantitative estimate of drug-likeness (QED) is 0.838. The molecule has 0 aromatic heterocycles. The van der Waals surface area contributed by atoms with Crippen molar-refractivity contribution in [3.8, 4) is 6.07 Å². The number of esters is 1. The molecular weight excluding hydrogens is 325 g/mol. The highest BCUT2D eigenvalue weighted by molar-refractivity contribution is 5.95. The number of ether oxygens (including phenoxy) is 2. The number of carbonyl (C=O) groups is 1. The molecule has 0 saturated heterocycles. The molecule has 1 aliphatic rings. The Hall–Kier alpha value is -2.82. The van der Waals surface area contributed by atoms with Gasteiger partial charge < -0.3 is 9.47 Å². The number of alkyl halides is 3. The fourth-order valence-corrected chi connectivity index (χ4v) is 2.70. The van der Waals surface area contributed by atoms with E-state index in [-0.39, 0.29) is 16.9 Å². The number of rotatable bonds is 2. The zero-order valence-corrected chi connectivity index (χ0v) is 12.8. The summed E-state index contributed by atoms with van der Waals surface area (Å²) in [7, 11) is 1.08. The van der Waals surface area contributed by atoms with E-state index in [1.54, 1.807) is 6.07 Å². The number of benzene rings is 1. The Balaban J connectivity index is 2.76. The van der Waals surface area contributed by atoms with Gasteiger partial charge in [-0.2, -0.15) is 18.4 Å². The molecule has 0 aliphatic carbocycles. The summed E-state index contributed by atoms with van der Waals surface area (Å²) in [5.74, 6) is -4.14. The number of halogens is 3. The Morgan fingerprint density at radius 1 is 1.38 bits per heavy atom. The van der Waals surface area contributed by atoms with Gasteiger partial charge in [0.2, 0.25) is 5.90 Å². The zero-order valence-electron chi connectivity index (χ0n) is 12.8. The molecule has 0 radical (unpaired) electrons. The van der Waals surface area contributed by atoms with Crippen LogP contribution in [0.1, 0.15) is 24.0 Å². The third-order valence-electron chi connectivity index (χ3n) is 3.71. The smallest absolute Gasteiger partial charge is 0.416 e. The average molecular weight is 338 g/mol. The van der Waals surface area contributed by atoms with Gasteiger partial charge in [0, 0.05) is 5.92 Å². The number of nitrogens with zero attached hydrogens (tertiary/aromatic N) is 1. The van der Waals surface area contributed by atoms with E-state index < -0.39 is 35.4 Å². The second-order valence-corrected chi connectivity index (χ2v) is 5.10. The molecule has 1 aromatic carbocycles. The van der Waals surface area contributed by atoms with Crippen molar-refractivity contribution in [3.05, 3.63) is 46.7 Å². The molecule has 2 unspecified atom stereocenters. The number of allylic oxidation sites excluding steroid dienone is 1. The number of hydrogen-bond acceptors (Lipinski definition) is 5. The molecule has 24 heavy (non-hydrogen) atoms. The molecule has 1 aromatic rings. The van der Waals surface area contributed by atoms with E-state index in [9.17, 15) is 23.2 Å². The van der Waals surface area contributed by atoms with Crippen LogP contribution in [-0.2, 0) is 20.4 Å². The van der Waals surface area contributed by atoms with Crippen molar-refractivity contribution in [3.63, 3.8) is 0 Å². The van der Waals surface area contributed by atoms with Crippen molar-refractivity contribution < 1.29 is 27.4 Å². The van der Waals surface area contributed by atoms with Crippen LogP contribution >= 0.6 is 0 Å². The Morgan fingerprint density at radius 2 is 2.00 bits per heavy atom. The van der Waals surface area contributed by atoms with Gasteiger partial charge >= 0.3 is 12.1 Å². The molecule has 0 bridgehead atoms. The SMILES string of the molecule is COC(=O)C1=C(C)OC(=N)C(C#N)C1c1ccccc1C(F)(F)F. The van der Waals surface area contributed by atoms with Gasteiger partial charge in [0.15, 0.2) is 0 Å². The van der Waals surface area contributed by atoms with Gasteiger partial charge in [-0.15, -0.1) is 0 Å². The van der Waals surface area contributed by atoms with Gasteiger partial charge in [-0.05, 0) is 18.6 Å². The maximum absolute atomic E-state index is 13.3. The molecule has 0 spiro atoms. The summed E-state index contributed by atoms with van der Waals surface area (Å²) in [6, 6.07) is 6.40. The van der Waals surface area contributed by atoms with Crippen LogP contribution in [0.4, 0.5) is 13.2 Å². The van der Waals surface area contributed by atoms with E-state index in [2.05, 4.69) is 4.74 Å². The molecule has 2 rings (SSSR count). The van der Waals surface area contributed by atoms with Crippen molar-refractivity contribution in [1.29, 1.82) is 10.7 Å². The monoisotopic (exact) mass is 338 g/mol. The molecule has 0 amide bonds. The van der Waals surface area contributed by atoms with Gasteiger partial charge in [0.25, 0.3) is 0 Å². The lowest BCUT2D eigenvalue weighted by molar-refractivity contribution is -0.140. The lowest BCUT2D eigenvalue weighted by atomic mass is 9.77. The highest BCUT2D eigenvalue weighted by atomic mass is 19.4. The number of hydrogen-bond donors (Lipinski definition) is 1. The van der Waals surface area contributed by atoms with Crippen molar-refractivity contribution in [2.75, 3.05) is 7.11 Å². The molecule has 1 heterocycles. The predicted molar refractivity (Wildman–Crippen MR) is 76.8 cm³/mol. The minimum Gasteiger partial charge on any atom is -0.466 e. The van der Waals surface area contributed by atoms with Crippen LogP contribution in [0.5, 0.6) is 0 Å². The summed E-state index contributed by atoms with van der Waals surface area (Å²) in [6.45, 7) is 1.34. The summed E-state index contributed by atoms with van der Waals surface area (Å²) in [5, 5.41) is 17.1. The summed E-state index contributed by atoms with van der Waals surface area (Å²) in [6.07, 6.45) is -4.67. The van der Waals surface area contributed by atoms with Crippen LogP contribution in [-0.4, -0.2) is 19.0 Å². The maximum Gasteiger partial charge on any atom is 0.416 e. The zero-order chi connectivity index (χ0) is 18.1. The fraction of sp³-hybridized carbons (Fsp3) is 0.312. The first kappa shape index (κ1) is 17.5. The second kappa shape index (κ2) is 6.35. The number of carbonyl (C=O) groups excluding carboxylic acids is 1. The largest absolute Gasteiger partial charge is 0.466 e. The summed E-state index contributed by atoms with van der Waals surface area (Å²) < 4.78 is 49.7. The van der Waals surface area contributed by atoms with E-state index in [0.717, 1.165) is 13.2 Å². The third-order valence-corrected chi connectivity index (χ3v) is 3.71. The maximum atomic E-state index is 13.3. The Bertz CT molecular complexity index is 763. The van der Waals surface area contributed by atoms with Crippen LogP contribution < -0.4 is 0 Å². The van der Waals surface area contributed by atoms with Gasteiger partial charge in [0.1, 0.15) is 11.7 Å². The molecular formula is C16H13F3N2O3. The van der Waals surface area contributed by atoms with Gasteiger partial charge in [-0.1, -0.05) is 18.2 Å². The standard InChI is InChI=1S/C16H13F3N2O3/c1-8-12(15(22)23-2)13(10(7-20)14(21)24-8)9-5-3-4-6-11(9)16(17,18)19/h3-6,10,13,21H,1-2H3. The highest BCUT2D eigenvalue weighted by Crippen LogP contribution is 2.44. The Kier molecular flexibility index (Phi) is 4.64. The molecule has 0 fully saturated rings. The lowest BCUT2D eigenvalue weighted by Crippen LogP contribution is -2.34. The van der Waals surface area contributed by atoms with Crippen LogP contribution in [0.2, 0.25) is 0 Å². The molecule has 126 valence electrons. The van der Waals surface area contributed by atoms with Crippen molar-refractivity contribution in [2.24, 2.45) is 5.92 Å². The van der Waals surface area contributed by atoms with Crippen LogP contribution in [0, 0.1) is 22.7 Å². The van der Waals surface area contributed by atoms with E-state index in [1.165, 1.54) is 25.1 Å². The minimum atomic E-state index is -4.67. The van der Waals surface area contributed by atoms with Crippen LogP contribution in [0.25, 0.3) is 0 Å². The first-order chi connectivity index (χ1) is 11.2. The van der Waals surface area contributed by atoms with Crippen LogP contribution in [0.3, 0.4) is 0 Å². The second-order valence-electron chi connectivity index (χ2n) is 5.10. The number of methoxy groups -OCH3 is 1. The average Bonchev–Trinajstić information content (AvgIpc) is 2.52. The predicted octanol–water partition coefficient (Wildman–Crippen LogP) is 3.38. The first-order valence-corrected chi connectivity index (χ1v) is 6.83.